The van der Waals surface area contributed by atoms with Crippen LogP contribution in [0.1, 0.15) is 18.2 Å². The van der Waals surface area contributed by atoms with Crippen molar-refractivity contribution in [2.45, 2.75) is 6.92 Å². The van der Waals surface area contributed by atoms with Gasteiger partial charge in [0, 0.05) is 9.86 Å². The molecule has 0 aliphatic heterocycles. The minimum atomic E-state index is 0.0922. The van der Waals surface area contributed by atoms with Crippen molar-refractivity contribution in [1.82, 2.24) is 4.98 Å². The van der Waals surface area contributed by atoms with Gasteiger partial charge in [-0.3, -0.25) is 0 Å². The van der Waals surface area contributed by atoms with Crippen LogP contribution in [0.4, 0.5) is 0 Å². The molecule has 0 aliphatic carbocycles. The molecule has 0 atom stereocenters. The van der Waals surface area contributed by atoms with Gasteiger partial charge in [0.15, 0.2) is 11.5 Å². The summed E-state index contributed by atoms with van der Waals surface area (Å²) >= 11 is 3.43. The molecule has 1 aromatic heterocycles. The molecular weight excluding hydrogens is 370 g/mol. The first-order valence-corrected chi connectivity index (χ1v) is 8.30. The van der Waals surface area contributed by atoms with E-state index < -0.39 is 0 Å². The second-order valence-electron chi connectivity index (χ2n) is 5.19. The van der Waals surface area contributed by atoms with Crippen molar-refractivity contribution in [1.29, 1.82) is 0 Å². The number of aromatic nitrogens is 1. The molecule has 122 valence electrons. The number of fused-ring (bicyclic) bond motifs is 1. The summed E-state index contributed by atoms with van der Waals surface area (Å²) in [5.41, 5.74) is 2.15. The summed E-state index contributed by atoms with van der Waals surface area (Å²) in [6.45, 7) is 2.34. The van der Waals surface area contributed by atoms with Gasteiger partial charge in [-0.2, -0.15) is 0 Å². The number of hydrogen-bond donors (Lipinski definition) is 2. The molecule has 0 bridgehead atoms. The van der Waals surface area contributed by atoms with Crippen LogP contribution in [0.3, 0.4) is 0 Å². The summed E-state index contributed by atoms with van der Waals surface area (Å²) < 4.78 is 6.16. The third-order valence-corrected chi connectivity index (χ3v) is 4.22. The predicted octanol–water partition coefficient (Wildman–Crippen LogP) is 4.98. The second kappa shape index (κ2) is 6.93. The van der Waals surface area contributed by atoms with E-state index in [2.05, 4.69) is 20.9 Å². The molecule has 0 radical (unpaired) electrons. The Labute approximate surface area is 148 Å². The summed E-state index contributed by atoms with van der Waals surface area (Å²) in [6, 6.07) is 12.5. The maximum atomic E-state index is 9.91. The summed E-state index contributed by atoms with van der Waals surface area (Å²) in [7, 11) is 0. The third kappa shape index (κ3) is 3.36. The highest BCUT2D eigenvalue weighted by Gasteiger charge is 2.07. The Morgan fingerprint density at radius 1 is 1.08 bits per heavy atom. The van der Waals surface area contributed by atoms with Gasteiger partial charge in [0.1, 0.15) is 11.3 Å². The number of para-hydroxylation sites is 1. The first kappa shape index (κ1) is 16.3. The van der Waals surface area contributed by atoms with Crippen molar-refractivity contribution in [3.05, 3.63) is 58.2 Å². The van der Waals surface area contributed by atoms with Crippen LogP contribution in [0.2, 0.25) is 0 Å². The van der Waals surface area contributed by atoms with Gasteiger partial charge in [0.05, 0.1) is 12.3 Å². The van der Waals surface area contributed by atoms with Crippen molar-refractivity contribution in [2.75, 3.05) is 6.61 Å². The summed E-state index contributed by atoms with van der Waals surface area (Å²) in [5.74, 6) is 0.686. The highest BCUT2D eigenvalue weighted by atomic mass is 79.9. The molecule has 0 amide bonds. The number of halogens is 1. The van der Waals surface area contributed by atoms with E-state index in [0.29, 0.717) is 17.9 Å². The van der Waals surface area contributed by atoms with Gasteiger partial charge in [-0.15, -0.1) is 0 Å². The van der Waals surface area contributed by atoms with Gasteiger partial charge in [-0.05, 0) is 42.8 Å². The fraction of sp³-hybridized carbons (Fsp3) is 0.105. The number of rotatable bonds is 4. The zero-order valence-electron chi connectivity index (χ0n) is 13.0. The number of ether oxygens (including phenoxy) is 1. The molecule has 2 N–H and O–H groups in total. The van der Waals surface area contributed by atoms with Crippen LogP contribution in [0.5, 0.6) is 17.2 Å². The predicted molar refractivity (Wildman–Crippen MR) is 99.3 cm³/mol. The molecule has 1 heterocycles. The average Bonchev–Trinajstić information content (AvgIpc) is 2.57. The number of phenols is 2. The van der Waals surface area contributed by atoms with Gasteiger partial charge >= 0.3 is 0 Å². The lowest BCUT2D eigenvalue weighted by molar-refractivity contribution is 0.318. The van der Waals surface area contributed by atoms with E-state index in [1.165, 1.54) is 0 Å². The molecule has 24 heavy (non-hydrogen) atoms. The molecule has 0 unspecified atom stereocenters. The van der Waals surface area contributed by atoms with Crippen molar-refractivity contribution in [3.8, 4) is 17.2 Å². The molecule has 0 saturated heterocycles. The van der Waals surface area contributed by atoms with Crippen molar-refractivity contribution >= 4 is 39.0 Å². The lowest BCUT2D eigenvalue weighted by atomic mass is 10.1. The minimum absolute atomic E-state index is 0.0922. The number of nitrogens with zero attached hydrogens (tertiary/aromatic N) is 1. The van der Waals surface area contributed by atoms with Gasteiger partial charge < -0.3 is 14.9 Å². The average molecular weight is 386 g/mol. The topological polar surface area (TPSA) is 62.6 Å². The largest absolute Gasteiger partial charge is 0.506 e. The van der Waals surface area contributed by atoms with Crippen LogP contribution in [-0.4, -0.2) is 21.8 Å². The Morgan fingerprint density at radius 3 is 2.71 bits per heavy atom. The van der Waals surface area contributed by atoms with E-state index in [1.807, 2.05) is 37.3 Å². The van der Waals surface area contributed by atoms with E-state index >= 15 is 0 Å². The number of hydrogen-bond acceptors (Lipinski definition) is 4. The van der Waals surface area contributed by atoms with E-state index in [1.54, 1.807) is 24.3 Å². The zero-order chi connectivity index (χ0) is 17.1. The van der Waals surface area contributed by atoms with Gasteiger partial charge in [0.25, 0.3) is 0 Å². The number of phenolic OH excluding ortho intramolecular Hbond substituents is 2. The Balaban J connectivity index is 1.96. The highest BCUT2D eigenvalue weighted by Crippen LogP contribution is 2.33. The maximum Gasteiger partial charge on any atom is 0.161 e. The van der Waals surface area contributed by atoms with Crippen LogP contribution in [0.15, 0.2) is 46.9 Å². The van der Waals surface area contributed by atoms with Crippen LogP contribution in [0.25, 0.3) is 23.1 Å². The van der Waals surface area contributed by atoms with Crippen LogP contribution in [0, 0.1) is 0 Å². The molecular formula is C19H16BrNO3. The quantitative estimate of drug-likeness (QED) is 0.664. The smallest absolute Gasteiger partial charge is 0.161 e. The first-order valence-electron chi connectivity index (χ1n) is 7.50. The SMILES string of the molecule is CCOc1cc(/C=C/c2ccc3cccc(O)c3n2)c(Br)cc1O. The van der Waals surface area contributed by atoms with Crippen LogP contribution >= 0.6 is 15.9 Å². The number of pyridine rings is 1. The maximum absolute atomic E-state index is 9.91. The molecule has 3 rings (SSSR count). The van der Waals surface area contributed by atoms with Crippen molar-refractivity contribution in [2.24, 2.45) is 0 Å². The van der Waals surface area contributed by atoms with E-state index in [4.69, 9.17) is 4.74 Å². The Kier molecular flexibility index (Phi) is 4.71. The molecule has 0 aliphatic rings. The Bertz CT molecular complexity index is 922. The Hall–Kier alpha value is -2.53. The monoisotopic (exact) mass is 385 g/mol. The first-order chi connectivity index (χ1) is 11.6. The van der Waals surface area contributed by atoms with Gasteiger partial charge in [0.2, 0.25) is 0 Å². The second-order valence-corrected chi connectivity index (χ2v) is 6.05. The lowest BCUT2D eigenvalue weighted by Gasteiger charge is -2.08. The lowest BCUT2D eigenvalue weighted by Crippen LogP contribution is -1.92. The number of benzene rings is 2. The highest BCUT2D eigenvalue weighted by molar-refractivity contribution is 9.10. The molecule has 0 fully saturated rings. The van der Waals surface area contributed by atoms with E-state index in [-0.39, 0.29) is 11.5 Å². The third-order valence-electron chi connectivity index (χ3n) is 3.53. The van der Waals surface area contributed by atoms with Gasteiger partial charge in [-0.1, -0.05) is 40.2 Å². The summed E-state index contributed by atoms with van der Waals surface area (Å²) in [6.07, 6.45) is 3.72. The molecule has 3 aromatic rings. The standard InChI is InChI=1S/C19H16BrNO3/c1-2-24-18-10-13(15(20)11-17(18)23)7-9-14-8-6-12-4-3-5-16(22)19(12)21-14/h3-11,22-23H,2H2,1H3/b9-7+. The fourth-order valence-corrected chi connectivity index (χ4v) is 2.84. The van der Waals surface area contributed by atoms with Crippen molar-refractivity contribution in [3.63, 3.8) is 0 Å². The zero-order valence-corrected chi connectivity index (χ0v) is 14.6. The van der Waals surface area contributed by atoms with E-state index in [0.717, 1.165) is 21.1 Å². The summed E-state index contributed by atoms with van der Waals surface area (Å²) in [4.78, 5) is 4.46. The van der Waals surface area contributed by atoms with Gasteiger partial charge in [-0.25, -0.2) is 4.98 Å². The summed E-state index contributed by atoms with van der Waals surface area (Å²) in [5, 5.41) is 20.7. The normalized spacial score (nSPS) is 11.2. The van der Waals surface area contributed by atoms with E-state index in [9.17, 15) is 10.2 Å². The van der Waals surface area contributed by atoms with Crippen LogP contribution in [-0.2, 0) is 0 Å². The molecule has 0 saturated carbocycles. The molecule has 4 nitrogen and oxygen atoms in total. The fourth-order valence-electron chi connectivity index (χ4n) is 2.37. The Morgan fingerprint density at radius 2 is 1.92 bits per heavy atom. The number of aromatic hydroxyl groups is 2. The minimum Gasteiger partial charge on any atom is -0.506 e. The molecule has 0 spiro atoms. The molecule has 5 heteroatoms. The molecule has 2 aromatic carbocycles. The van der Waals surface area contributed by atoms with Crippen LogP contribution < -0.4 is 4.74 Å². The van der Waals surface area contributed by atoms with Crippen molar-refractivity contribution < 1.29 is 14.9 Å².